The van der Waals surface area contributed by atoms with Gasteiger partial charge in [-0.05, 0) is 47.8 Å². The highest BCUT2D eigenvalue weighted by Crippen LogP contribution is 2.42. The summed E-state index contributed by atoms with van der Waals surface area (Å²) < 4.78 is 0. The van der Waals surface area contributed by atoms with Gasteiger partial charge in [0.05, 0.1) is 0 Å². The molecule has 0 atom stereocenters. The van der Waals surface area contributed by atoms with Crippen molar-refractivity contribution in [2.75, 3.05) is 0 Å². The Hall–Kier alpha value is -0.850. The average Bonchev–Trinajstić information content (AvgIpc) is 3.33. The molecule has 0 aliphatic heterocycles. The molecule has 0 amide bonds. The molecule has 0 aliphatic rings. The minimum Gasteiger partial charge on any atom is -0.174 e. The Labute approximate surface area is 151 Å². The number of thiophene rings is 4. The van der Waals surface area contributed by atoms with E-state index in [9.17, 15) is 0 Å². The van der Waals surface area contributed by atoms with Gasteiger partial charge in [0.1, 0.15) is 0 Å². The van der Waals surface area contributed by atoms with Gasteiger partial charge >= 0.3 is 0 Å². The molecule has 0 N–H and O–H groups in total. The smallest absolute Gasteiger partial charge is 0.0449 e. The largest absolute Gasteiger partial charge is 0.174 e. The van der Waals surface area contributed by atoms with E-state index in [-0.39, 0.29) is 0 Å². The van der Waals surface area contributed by atoms with Crippen LogP contribution in [0.5, 0.6) is 0 Å². The second-order valence-corrected chi connectivity index (χ2v) is 9.33. The summed E-state index contributed by atoms with van der Waals surface area (Å²) in [6.07, 6.45) is 0. The molecule has 4 aromatic rings. The number of hydrogen-bond acceptors (Lipinski definition) is 5. The highest BCUT2D eigenvalue weighted by molar-refractivity contribution is 7.79. The van der Waals surface area contributed by atoms with Gasteiger partial charge < -0.3 is 0 Å². The van der Waals surface area contributed by atoms with Crippen molar-refractivity contribution in [3.8, 4) is 29.3 Å². The third kappa shape index (κ3) is 2.84. The Morgan fingerprint density at radius 1 is 0.636 bits per heavy atom. The van der Waals surface area contributed by atoms with E-state index in [0.29, 0.717) is 0 Å². The van der Waals surface area contributed by atoms with Crippen LogP contribution >= 0.6 is 58.0 Å². The van der Waals surface area contributed by atoms with Crippen LogP contribution < -0.4 is 0 Å². The molecule has 0 aromatic carbocycles. The van der Waals surface area contributed by atoms with E-state index in [1.165, 1.54) is 34.1 Å². The van der Waals surface area contributed by atoms with Crippen LogP contribution in [0.15, 0.2) is 53.9 Å². The standard InChI is InChI=1S/C17H12S5/c18-10-11-3-4-14(20-11)15-7-8-17(22-15)16-6-5-13(21-16)12-2-1-9-19-12/h1-9,18H,10H2. The summed E-state index contributed by atoms with van der Waals surface area (Å²) in [7, 11) is 0. The van der Waals surface area contributed by atoms with Crippen molar-refractivity contribution in [3.63, 3.8) is 0 Å². The molecule has 5 heteroatoms. The van der Waals surface area contributed by atoms with Gasteiger partial charge in [0.15, 0.2) is 0 Å². The maximum Gasteiger partial charge on any atom is 0.0449 e. The van der Waals surface area contributed by atoms with E-state index in [4.69, 9.17) is 0 Å². The van der Waals surface area contributed by atoms with Gasteiger partial charge in [-0.1, -0.05) is 6.07 Å². The fourth-order valence-corrected chi connectivity index (χ4v) is 6.41. The third-order valence-corrected chi connectivity index (χ3v) is 8.55. The van der Waals surface area contributed by atoms with E-state index in [1.807, 2.05) is 34.0 Å². The van der Waals surface area contributed by atoms with Gasteiger partial charge in [-0.3, -0.25) is 0 Å². The fourth-order valence-electron chi connectivity index (χ4n) is 2.22. The predicted octanol–water partition coefficient (Wildman–Crippen LogP) is 7.36. The van der Waals surface area contributed by atoms with Crippen molar-refractivity contribution < 1.29 is 0 Å². The van der Waals surface area contributed by atoms with Gasteiger partial charge in [-0.2, -0.15) is 12.6 Å². The molecule has 0 saturated heterocycles. The molecule has 4 rings (SSSR count). The molecular weight excluding hydrogens is 365 g/mol. The van der Waals surface area contributed by atoms with Gasteiger partial charge in [0.2, 0.25) is 0 Å². The Balaban J connectivity index is 1.64. The highest BCUT2D eigenvalue weighted by Gasteiger charge is 2.10. The van der Waals surface area contributed by atoms with Crippen LogP contribution in [0, 0.1) is 0 Å². The minimum atomic E-state index is 0.817. The number of rotatable bonds is 4. The lowest BCUT2D eigenvalue weighted by molar-refractivity contribution is 1.57. The Morgan fingerprint density at radius 2 is 1.18 bits per heavy atom. The summed E-state index contributed by atoms with van der Waals surface area (Å²) in [4.78, 5) is 9.42. The molecule has 0 aliphatic carbocycles. The lowest BCUT2D eigenvalue weighted by atomic mass is 10.3. The van der Waals surface area contributed by atoms with Crippen molar-refractivity contribution in [2.24, 2.45) is 0 Å². The molecule has 4 aromatic heterocycles. The minimum absolute atomic E-state index is 0.817. The lowest BCUT2D eigenvalue weighted by Crippen LogP contribution is -1.60. The average molecular weight is 377 g/mol. The lowest BCUT2D eigenvalue weighted by Gasteiger charge is -1.92. The van der Waals surface area contributed by atoms with Gasteiger partial charge in [0, 0.05) is 39.9 Å². The molecule has 0 fully saturated rings. The van der Waals surface area contributed by atoms with E-state index in [0.717, 1.165) is 5.75 Å². The molecule has 0 unspecified atom stereocenters. The summed E-state index contributed by atoms with van der Waals surface area (Å²) in [6, 6.07) is 17.6. The van der Waals surface area contributed by atoms with Crippen LogP contribution in [-0.4, -0.2) is 0 Å². The maximum atomic E-state index is 4.35. The van der Waals surface area contributed by atoms with E-state index in [1.54, 1.807) is 11.3 Å². The van der Waals surface area contributed by atoms with Crippen molar-refractivity contribution >= 4 is 58.0 Å². The molecular formula is C17H12S5. The van der Waals surface area contributed by atoms with Crippen LogP contribution in [0.2, 0.25) is 0 Å². The summed E-state index contributed by atoms with van der Waals surface area (Å²) in [5.41, 5.74) is 0. The van der Waals surface area contributed by atoms with Gasteiger partial charge in [0.25, 0.3) is 0 Å². The summed E-state index contributed by atoms with van der Waals surface area (Å²) >= 11 is 11.7. The molecule has 110 valence electrons. The monoisotopic (exact) mass is 376 g/mol. The van der Waals surface area contributed by atoms with Crippen molar-refractivity contribution in [3.05, 3.63) is 58.8 Å². The van der Waals surface area contributed by atoms with Crippen LogP contribution in [-0.2, 0) is 5.75 Å². The topological polar surface area (TPSA) is 0 Å². The van der Waals surface area contributed by atoms with Crippen molar-refractivity contribution in [2.45, 2.75) is 5.75 Å². The van der Waals surface area contributed by atoms with Crippen molar-refractivity contribution in [1.82, 2.24) is 0 Å². The van der Waals surface area contributed by atoms with Crippen LogP contribution in [0.3, 0.4) is 0 Å². The first-order chi connectivity index (χ1) is 10.8. The quantitative estimate of drug-likeness (QED) is 0.353. The molecule has 4 heterocycles. The van der Waals surface area contributed by atoms with Crippen molar-refractivity contribution in [1.29, 1.82) is 0 Å². The SMILES string of the molecule is SCc1ccc(-c2ccc(-c3ccc(-c4cccs4)s3)s2)s1. The predicted molar refractivity (Wildman–Crippen MR) is 107 cm³/mol. The van der Waals surface area contributed by atoms with Crippen LogP contribution in [0.4, 0.5) is 0 Å². The molecule has 22 heavy (non-hydrogen) atoms. The second-order valence-electron chi connectivity index (χ2n) is 4.73. The zero-order chi connectivity index (χ0) is 14.9. The summed E-state index contributed by atoms with van der Waals surface area (Å²) in [6.45, 7) is 0. The van der Waals surface area contributed by atoms with Gasteiger partial charge in [-0.25, -0.2) is 0 Å². The summed E-state index contributed by atoms with van der Waals surface area (Å²) in [5.74, 6) is 0.817. The number of hydrogen-bond donors (Lipinski definition) is 1. The van der Waals surface area contributed by atoms with Gasteiger partial charge in [-0.15, -0.1) is 45.3 Å². The number of thiol groups is 1. The highest BCUT2D eigenvalue weighted by atomic mass is 32.1. The Kier molecular flexibility index (Phi) is 4.24. The normalized spacial score (nSPS) is 11.1. The molecule has 0 radical (unpaired) electrons. The van der Waals surface area contributed by atoms with E-state index >= 15 is 0 Å². The van der Waals surface area contributed by atoms with E-state index < -0.39 is 0 Å². The summed E-state index contributed by atoms with van der Waals surface area (Å²) in [5, 5.41) is 2.13. The zero-order valence-electron chi connectivity index (χ0n) is 11.5. The fraction of sp³-hybridized carbons (Fsp3) is 0.0588. The first kappa shape index (κ1) is 14.7. The Morgan fingerprint density at radius 3 is 1.68 bits per heavy atom. The van der Waals surface area contributed by atoms with Crippen LogP contribution in [0.1, 0.15) is 4.88 Å². The molecule has 0 bridgehead atoms. The second kappa shape index (κ2) is 6.34. The maximum absolute atomic E-state index is 4.35. The molecule has 0 nitrogen and oxygen atoms in total. The Bertz CT molecular complexity index is 876. The van der Waals surface area contributed by atoms with E-state index in [2.05, 4.69) is 66.5 Å². The molecule has 0 spiro atoms. The first-order valence-electron chi connectivity index (χ1n) is 6.77. The first-order valence-corrected chi connectivity index (χ1v) is 10.7. The zero-order valence-corrected chi connectivity index (χ0v) is 15.6. The van der Waals surface area contributed by atoms with Crippen LogP contribution in [0.25, 0.3) is 29.3 Å². The molecule has 0 saturated carbocycles. The third-order valence-electron chi connectivity index (χ3n) is 3.28.